The number of nitrogens with one attached hydrogen (secondary N) is 1. The number of hydrogen-bond acceptors (Lipinski definition) is 2. The largest absolute Gasteiger partial charge is 0.309 e. The van der Waals surface area contributed by atoms with Gasteiger partial charge in [-0.15, -0.1) is 18.2 Å². The molecule has 1 aliphatic carbocycles. The molecule has 1 aromatic carbocycles. The lowest BCUT2D eigenvalue weighted by molar-refractivity contribution is 0.498. The Morgan fingerprint density at radius 2 is 2.11 bits per heavy atom. The van der Waals surface area contributed by atoms with E-state index in [0.717, 1.165) is 29.0 Å². The van der Waals surface area contributed by atoms with E-state index < -0.39 is 0 Å². The first kappa shape index (κ1) is 13.8. The van der Waals surface area contributed by atoms with Gasteiger partial charge in [-0.2, -0.15) is 0 Å². The highest BCUT2D eigenvalue weighted by molar-refractivity contribution is 7.99. The summed E-state index contributed by atoms with van der Waals surface area (Å²) >= 11 is 7.74. The Hall–Kier alpha value is -0.620. The predicted octanol–water partition coefficient (Wildman–Crippen LogP) is 3.75. The van der Waals surface area contributed by atoms with E-state index >= 15 is 0 Å². The standard InChI is InChI=1S/C15H18ClNS/c1-2-10-18-11-9-17-15(12-3-4-12)13-5-7-14(16)8-6-13/h1,5-8,12,15,17H,3-4,9-11H2. The number of halogens is 1. The quantitative estimate of drug-likeness (QED) is 0.603. The van der Waals surface area contributed by atoms with Crippen molar-refractivity contribution in [2.24, 2.45) is 5.92 Å². The minimum atomic E-state index is 0.480. The SMILES string of the molecule is C#CCSCCNC(c1ccc(Cl)cc1)C1CC1. The molecule has 1 unspecified atom stereocenters. The molecule has 0 spiro atoms. The summed E-state index contributed by atoms with van der Waals surface area (Å²) in [7, 11) is 0. The summed E-state index contributed by atoms with van der Waals surface area (Å²) in [5, 5.41) is 4.45. The van der Waals surface area contributed by atoms with Crippen molar-refractivity contribution in [1.82, 2.24) is 5.32 Å². The van der Waals surface area contributed by atoms with E-state index in [-0.39, 0.29) is 0 Å². The molecule has 1 N–H and O–H groups in total. The van der Waals surface area contributed by atoms with Gasteiger partial charge in [0.15, 0.2) is 0 Å². The molecule has 0 aliphatic heterocycles. The van der Waals surface area contributed by atoms with Crippen LogP contribution in [0.25, 0.3) is 0 Å². The number of thioether (sulfide) groups is 1. The Bertz CT molecular complexity index is 405. The molecular formula is C15H18ClNS. The molecule has 0 aromatic heterocycles. The van der Waals surface area contributed by atoms with Crippen LogP contribution < -0.4 is 5.32 Å². The zero-order valence-electron chi connectivity index (χ0n) is 10.4. The first-order chi connectivity index (χ1) is 8.81. The van der Waals surface area contributed by atoms with E-state index in [2.05, 4.69) is 23.4 Å². The number of hydrogen-bond donors (Lipinski definition) is 1. The highest BCUT2D eigenvalue weighted by Crippen LogP contribution is 2.41. The van der Waals surface area contributed by atoms with Gasteiger partial charge in [0.05, 0.1) is 5.75 Å². The Kier molecular flexibility index (Phi) is 5.44. The number of rotatable bonds is 7. The van der Waals surface area contributed by atoms with Crippen LogP contribution in [0.15, 0.2) is 24.3 Å². The molecule has 1 aliphatic rings. The van der Waals surface area contributed by atoms with Crippen LogP contribution in [-0.4, -0.2) is 18.1 Å². The van der Waals surface area contributed by atoms with Crippen LogP contribution in [0, 0.1) is 18.3 Å². The van der Waals surface area contributed by atoms with Gasteiger partial charge in [0, 0.05) is 23.4 Å². The molecule has 3 heteroatoms. The van der Waals surface area contributed by atoms with Gasteiger partial charge in [-0.25, -0.2) is 0 Å². The first-order valence-corrected chi connectivity index (χ1v) is 7.84. The molecule has 0 bridgehead atoms. The fraction of sp³-hybridized carbons (Fsp3) is 0.467. The van der Waals surface area contributed by atoms with E-state index in [1.165, 1.54) is 18.4 Å². The molecular weight excluding hydrogens is 262 g/mol. The van der Waals surface area contributed by atoms with Crippen molar-refractivity contribution in [3.8, 4) is 12.3 Å². The van der Waals surface area contributed by atoms with Crippen molar-refractivity contribution >= 4 is 23.4 Å². The second kappa shape index (κ2) is 7.09. The minimum Gasteiger partial charge on any atom is -0.309 e. The third-order valence-electron chi connectivity index (χ3n) is 3.12. The summed E-state index contributed by atoms with van der Waals surface area (Å²) in [6.07, 6.45) is 7.89. The van der Waals surface area contributed by atoms with Crippen molar-refractivity contribution in [3.63, 3.8) is 0 Å². The molecule has 1 atom stereocenters. The summed E-state index contributed by atoms with van der Waals surface area (Å²) < 4.78 is 0. The lowest BCUT2D eigenvalue weighted by Crippen LogP contribution is -2.25. The number of terminal acetylenes is 1. The Morgan fingerprint density at radius 3 is 2.72 bits per heavy atom. The van der Waals surface area contributed by atoms with Crippen molar-refractivity contribution in [3.05, 3.63) is 34.9 Å². The van der Waals surface area contributed by atoms with Gasteiger partial charge in [0.25, 0.3) is 0 Å². The smallest absolute Gasteiger partial charge is 0.0545 e. The summed E-state index contributed by atoms with van der Waals surface area (Å²) in [6.45, 7) is 1.01. The van der Waals surface area contributed by atoms with E-state index in [1.807, 2.05) is 12.1 Å². The second-order valence-electron chi connectivity index (χ2n) is 4.58. The average Bonchev–Trinajstić information content (AvgIpc) is 3.20. The van der Waals surface area contributed by atoms with Gasteiger partial charge in [-0.05, 0) is 36.5 Å². The summed E-state index contributed by atoms with van der Waals surface area (Å²) in [5.74, 6) is 5.32. The zero-order chi connectivity index (χ0) is 12.8. The third-order valence-corrected chi connectivity index (χ3v) is 4.23. The summed E-state index contributed by atoms with van der Waals surface area (Å²) in [5.41, 5.74) is 1.35. The highest BCUT2D eigenvalue weighted by Gasteiger charge is 2.31. The zero-order valence-corrected chi connectivity index (χ0v) is 11.9. The van der Waals surface area contributed by atoms with Crippen molar-refractivity contribution in [2.75, 3.05) is 18.1 Å². The van der Waals surface area contributed by atoms with E-state index in [4.69, 9.17) is 18.0 Å². The molecule has 18 heavy (non-hydrogen) atoms. The van der Waals surface area contributed by atoms with Gasteiger partial charge in [-0.1, -0.05) is 29.7 Å². The lowest BCUT2D eigenvalue weighted by Gasteiger charge is -2.18. The molecule has 1 nitrogen and oxygen atoms in total. The lowest BCUT2D eigenvalue weighted by atomic mass is 10.0. The summed E-state index contributed by atoms with van der Waals surface area (Å²) in [6, 6.07) is 8.69. The molecule has 1 aromatic rings. The Morgan fingerprint density at radius 1 is 1.39 bits per heavy atom. The topological polar surface area (TPSA) is 12.0 Å². The van der Waals surface area contributed by atoms with Gasteiger partial charge >= 0.3 is 0 Å². The molecule has 96 valence electrons. The maximum atomic E-state index is 5.93. The predicted molar refractivity (Wildman–Crippen MR) is 81.1 cm³/mol. The maximum Gasteiger partial charge on any atom is 0.0545 e. The van der Waals surface area contributed by atoms with Crippen molar-refractivity contribution in [2.45, 2.75) is 18.9 Å². The fourth-order valence-electron chi connectivity index (χ4n) is 2.07. The minimum absolute atomic E-state index is 0.480. The van der Waals surface area contributed by atoms with Crippen LogP contribution in [-0.2, 0) is 0 Å². The van der Waals surface area contributed by atoms with E-state index in [0.29, 0.717) is 6.04 Å². The van der Waals surface area contributed by atoms with Crippen LogP contribution >= 0.6 is 23.4 Å². The van der Waals surface area contributed by atoms with E-state index in [9.17, 15) is 0 Å². The van der Waals surface area contributed by atoms with Crippen LogP contribution in [0.5, 0.6) is 0 Å². The van der Waals surface area contributed by atoms with Crippen molar-refractivity contribution < 1.29 is 0 Å². The summed E-state index contributed by atoms with van der Waals surface area (Å²) in [4.78, 5) is 0. The number of benzene rings is 1. The molecule has 0 heterocycles. The molecule has 1 fully saturated rings. The van der Waals surface area contributed by atoms with Gasteiger partial charge in [0.1, 0.15) is 0 Å². The molecule has 1 saturated carbocycles. The Balaban J connectivity index is 1.85. The van der Waals surface area contributed by atoms with Crippen LogP contribution in [0.2, 0.25) is 5.02 Å². The van der Waals surface area contributed by atoms with Gasteiger partial charge < -0.3 is 5.32 Å². The van der Waals surface area contributed by atoms with Crippen LogP contribution in [0.3, 0.4) is 0 Å². The second-order valence-corrected chi connectivity index (χ2v) is 6.12. The normalized spacial score (nSPS) is 16.2. The van der Waals surface area contributed by atoms with Crippen molar-refractivity contribution in [1.29, 1.82) is 0 Å². The maximum absolute atomic E-state index is 5.93. The third kappa shape index (κ3) is 4.24. The molecule has 0 amide bonds. The molecule has 0 radical (unpaired) electrons. The highest BCUT2D eigenvalue weighted by atomic mass is 35.5. The van der Waals surface area contributed by atoms with Gasteiger partial charge in [-0.3, -0.25) is 0 Å². The monoisotopic (exact) mass is 279 g/mol. The fourth-order valence-corrected chi connectivity index (χ4v) is 2.72. The Labute approximate surface area is 119 Å². The van der Waals surface area contributed by atoms with Gasteiger partial charge in [0.2, 0.25) is 0 Å². The van der Waals surface area contributed by atoms with E-state index in [1.54, 1.807) is 11.8 Å². The average molecular weight is 280 g/mol. The molecule has 2 rings (SSSR count). The van der Waals surface area contributed by atoms with Crippen LogP contribution in [0.4, 0.5) is 0 Å². The van der Waals surface area contributed by atoms with Crippen LogP contribution in [0.1, 0.15) is 24.4 Å². The molecule has 0 saturated heterocycles. The first-order valence-electron chi connectivity index (χ1n) is 6.31.